The molecule has 3 rings (SSSR count). The van der Waals surface area contributed by atoms with E-state index in [1.807, 2.05) is 0 Å². The molecule has 0 bridgehead atoms. The molecule has 0 aromatic rings. The molecule has 0 radical (unpaired) electrons. The second-order valence-corrected chi connectivity index (χ2v) is 7.97. The van der Waals surface area contributed by atoms with Crippen LogP contribution in [0.1, 0.15) is 64.2 Å². The van der Waals surface area contributed by atoms with Gasteiger partial charge in [-0.25, -0.2) is 0 Å². The minimum Gasteiger partial charge on any atom is -0.352 e. The Morgan fingerprint density at radius 2 is 1.81 bits per heavy atom. The first-order valence-corrected chi connectivity index (χ1v) is 9.42. The lowest BCUT2D eigenvalue weighted by Crippen LogP contribution is -2.47. The molecule has 1 spiro atoms. The zero-order valence-corrected chi connectivity index (χ0v) is 14.7. The van der Waals surface area contributed by atoms with Crippen LogP contribution in [0.15, 0.2) is 0 Å². The van der Waals surface area contributed by atoms with Crippen molar-refractivity contribution in [1.82, 2.24) is 10.2 Å². The molecule has 8 heteroatoms. The first-order valence-electron chi connectivity index (χ1n) is 9.42. The lowest BCUT2D eigenvalue weighted by atomic mass is 9.73. The van der Waals surface area contributed by atoms with Crippen LogP contribution in [0.25, 0.3) is 0 Å². The quantitative estimate of drug-likeness (QED) is 0.773. The van der Waals surface area contributed by atoms with Gasteiger partial charge in [-0.3, -0.25) is 19.3 Å². The van der Waals surface area contributed by atoms with E-state index >= 15 is 0 Å². The smallest absolute Gasteiger partial charge is 0.352 e. The van der Waals surface area contributed by atoms with E-state index in [1.54, 1.807) is 0 Å². The zero-order valence-electron chi connectivity index (χ0n) is 14.7. The molecule has 3 aliphatic rings. The highest BCUT2D eigenvalue weighted by molar-refractivity contribution is 6.08. The first kappa shape index (κ1) is 19.2. The predicted molar refractivity (Wildman–Crippen MR) is 86.8 cm³/mol. The minimum atomic E-state index is -4.25. The zero-order chi connectivity index (χ0) is 18.9. The van der Waals surface area contributed by atoms with Crippen LogP contribution >= 0.6 is 0 Å². The van der Waals surface area contributed by atoms with E-state index in [-0.39, 0.29) is 37.6 Å². The van der Waals surface area contributed by atoms with E-state index in [4.69, 9.17) is 0 Å². The molecular formula is C18H25F3N2O3. The van der Waals surface area contributed by atoms with Gasteiger partial charge in [0.05, 0.1) is 11.3 Å². The summed E-state index contributed by atoms with van der Waals surface area (Å²) < 4.78 is 38.6. The van der Waals surface area contributed by atoms with Crippen molar-refractivity contribution in [2.24, 2.45) is 11.3 Å². The fourth-order valence-electron chi connectivity index (χ4n) is 4.67. The van der Waals surface area contributed by atoms with E-state index in [0.29, 0.717) is 25.7 Å². The number of carbonyl (C=O) groups excluding carboxylic acids is 3. The Hall–Kier alpha value is -1.60. The number of imide groups is 1. The van der Waals surface area contributed by atoms with Crippen LogP contribution in [0, 0.1) is 11.3 Å². The van der Waals surface area contributed by atoms with Gasteiger partial charge in [-0.05, 0) is 32.1 Å². The van der Waals surface area contributed by atoms with Gasteiger partial charge in [0.15, 0.2) is 0 Å². The van der Waals surface area contributed by atoms with E-state index in [0.717, 1.165) is 24.2 Å². The number of hydrogen-bond acceptors (Lipinski definition) is 3. The maximum Gasteiger partial charge on any atom is 0.391 e. The average Bonchev–Trinajstić information content (AvgIpc) is 2.79. The molecule has 0 aromatic carbocycles. The molecule has 2 unspecified atom stereocenters. The predicted octanol–water partition coefficient (Wildman–Crippen LogP) is 2.93. The van der Waals surface area contributed by atoms with Crippen molar-refractivity contribution in [3.05, 3.63) is 0 Å². The van der Waals surface area contributed by atoms with Crippen LogP contribution in [0.2, 0.25) is 0 Å². The Labute approximate surface area is 150 Å². The monoisotopic (exact) mass is 374 g/mol. The van der Waals surface area contributed by atoms with Crippen LogP contribution in [0.5, 0.6) is 0 Å². The SMILES string of the molecule is O=C(CN1C(=O)CC2(CCCCC2)C1=O)NC1CCCC(C(F)(F)F)C1. The maximum atomic E-state index is 12.9. The first-order chi connectivity index (χ1) is 12.2. The van der Waals surface area contributed by atoms with Crippen LogP contribution in [0.4, 0.5) is 13.2 Å². The van der Waals surface area contributed by atoms with Gasteiger partial charge in [-0.15, -0.1) is 0 Å². The normalized spacial score (nSPS) is 29.3. The summed E-state index contributed by atoms with van der Waals surface area (Å²) in [7, 11) is 0. The summed E-state index contributed by atoms with van der Waals surface area (Å²) in [5, 5.41) is 2.60. The topological polar surface area (TPSA) is 66.5 Å². The molecule has 1 aliphatic heterocycles. The van der Waals surface area contributed by atoms with Gasteiger partial charge in [0.2, 0.25) is 17.7 Å². The van der Waals surface area contributed by atoms with E-state index in [1.165, 1.54) is 0 Å². The van der Waals surface area contributed by atoms with Gasteiger partial charge < -0.3 is 5.32 Å². The second-order valence-electron chi connectivity index (χ2n) is 7.97. The number of alkyl halides is 3. The number of amides is 3. The highest BCUT2D eigenvalue weighted by atomic mass is 19.4. The number of likely N-dealkylation sites (tertiary alicyclic amines) is 1. The largest absolute Gasteiger partial charge is 0.391 e. The molecule has 3 fully saturated rings. The molecule has 2 atom stereocenters. The van der Waals surface area contributed by atoms with Gasteiger partial charge in [0.25, 0.3) is 0 Å². The van der Waals surface area contributed by atoms with E-state index < -0.39 is 29.5 Å². The highest BCUT2D eigenvalue weighted by Gasteiger charge is 2.52. The van der Waals surface area contributed by atoms with E-state index in [9.17, 15) is 27.6 Å². The second kappa shape index (κ2) is 7.19. The number of halogens is 3. The average molecular weight is 374 g/mol. The van der Waals surface area contributed by atoms with Crippen LogP contribution in [-0.2, 0) is 14.4 Å². The molecule has 1 saturated heterocycles. The van der Waals surface area contributed by atoms with E-state index in [2.05, 4.69) is 5.32 Å². The maximum absolute atomic E-state index is 12.9. The minimum absolute atomic E-state index is 0.0848. The number of nitrogens with one attached hydrogen (secondary N) is 1. The summed E-state index contributed by atoms with van der Waals surface area (Å²) in [4.78, 5) is 38.2. The van der Waals surface area contributed by atoms with Crippen molar-refractivity contribution < 1.29 is 27.6 Å². The van der Waals surface area contributed by atoms with Crippen molar-refractivity contribution in [3.8, 4) is 0 Å². The van der Waals surface area contributed by atoms with Gasteiger partial charge in [-0.1, -0.05) is 25.7 Å². The molecule has 1 heterocycles. The molecule has 1 N–H and O–H groups in total. The van der Waals surface area contributed by atoms with Crippen LogP contribution < -0.4 is 5.32 Å². The third-order valence-corrected chi connectivity index (χ3v) is 6.10. The van der Waals surface area contributed by atoms with Crippen molar-refractivity contribution >= 4 is 17.7 Å². The summed E-state index contributed by atoms with van der Waals surface area (Å²) in [6.07, 6.45) is 0.936. The molecule has 5 nitrogen and oxygen atoms in total. The van der Waals surface area contributed by atoms with Crippen LogP contribution in [-0.4, -0.2) is 41.4 Å². The summed E-state index contributed by atoms with van der Waals surface area (Å²) in [5.74, 6) is -2.58. The Bertz CT molecular complexity index is 585. The Kier molecular flexibility index (Phi) is 5.30. The Morgan fingerprint density at radius 1 is 1.12 bits per heavy atom. The molecule has 26 heavy (non-hydrogen) atoms. The third-order valence-electron chi connectivity index (χ3n) is 6.10. The number of carbonyl (C=O) groups is 3. The summed E-state index contributed by atoms with van der Waals surface area (Å²) in [6, 6.07) is -0.556. The molecule has 146 valence electrons. The number of nitrogens with zero attached hydrogens (tertiary/aromatic N) is 1. The third kappa shape index (κ3) is 3.88. The summed E-state index contributed by atoms with van der Waals surface area (Å²) in [6.45, 7) is -0.382. The Balaban J connectivity index is 1.56. The number of rotatable bonds is 3. The highest BCUT2D eigenvalue weighted by Crippen LogP contribution is 2.45. The van der Waals surface area contributed by atoms with Crippen molar-refractivity contribution in [3.63, 3.8) is 0 Å². The van der Waals surface area contributed by atoms with Gasteiger partial charge in [0, 0.05) is 12.5 Å². The standard InChI is InChI=1S/C18H25F3N2O3/c19-18(20,21)12-5-4-6-13(9-12)22-14(24)11-23-15(25)10-17(16(23)26)7-2-1-3-8-17/h12-13H,1-11H2,(H,22,24). The lowest BCUT2D eigenvalue weighted by Gasteiger charge is -2.32. The molecule has 3 amide bonds. The molecule has 2 saturated carbocycles. The van der Waals surface area contributed by atoms with Crippen molar-refractivity contribution in [2.75, 3.05) is 6.54 Å². The molecule has 0 aromatic heterocycles. The fourth-order valence-corrected chi connectivity index (χ4v) is 4.67. The van der Waals surface area contributed by atoms with Crippen molar-refractivity contribution in [1.29, 1.82) is 0 Å². The van der Waals surface area contributed by atoms with Gasteiger partial charge in [-0.2, -0.15) is 13.2 Å². The Morgan fingerprint density at radius 3 is 2.46 bits per heavy atom. The fraction of sp³-hybridized carbons (Fsp3) is 0.833. The van der Waals surface area contributed by atoms with Crippen LogP contribution in [0.3, 0.4) is 0 Å². The number of hydrogen-bond donors (Lipinski definition) is 1. The summed E-state index contributed by atoms with van der Waals surface area (Å²) in [5.41, 5.74) is -0.651. The van der Waals surface area contributed by atoms with Gasteiger partial charge in [0.1, 0.15) is 6.54 Å². The molecule has 2 aliphatic carbocycles. The van der Waals surface area contributed by atoms with Gasteiger partial charge >= 0.3 is 6.18 Å². The van der Waals surface area contributed by atoms with Crippen molar-refractivity contribution in [2.45, 2.75) is 76.4 Å². The molecular weight excluding hydrogens is 349 g/mol. The summed E-state index contributed by atoms with van der Waals surface area (Å²) >= 11 is 0. The lowest BCUT2D eigenvalue weighted by molar-refractivity contribution is -0.184.